The number of nitrogen functional groups attached to an aromatic ring is 1. The van der Waals surface area contributed by atoms with Gasteiger partial charge in [0.05, 0.1) is 0 Å². The zero-order chi connectivity index (χ0) is 12.6. The van der Waals surface area contributed by atoms with Crippen LogP contribution in [0.25, 0.3) is 0 Å². The molecule has 17 heavy (non-hydrogen) atoms. The van der Waals surface area contributed by atoms with E-state index in [1.165, 1.54) is 12.8 Å². The first kappa shape index (κ1) is 12.4. The van der Waals surface area contributed by atoms with Crippen LogP contribution in [0.5, 0.6) is 0 Å². The van der Waals surface area contributed by atoms with Crippen LogP contribution in [0.15, 0.2) is 22.7 Å². The van der Waals surface area contributed by atoms with Crippen molar-refractivity contribution in [3.05, 3.63) is 28.2 Å². The van der Waals surface area contributed by atoms with Crippen molar-refractivity contribution in [1.29, 1.82) is 5.41 Å². The fourth-order valence-corrected chi connectivity index (χ4v) is 2.86. The summed E-state index contributed by atoms with van der Waals surface area (Å²) in [5.41, 5.74) is 7.69. The number of halogens is 1. The number of nitrogens with one attached hydrogen (secondary N) is 1. The molecule has 0 bridgehead atoms. The molecule has 4 heteroatoms. The maximum Gasteiger partial charge on any atom is 0.124 e. The molecular weight excluding hydrogens is 278 g/mol. The lowest BCUT2D eigenvalue weighted by Gasteiger charge is -2.35. The first-order chi connectivity index (χ1) is 7.92. The Morgan fingerprint density at radius 2 is 2.18 bits per heavy atom. The molecule has 3 N–H and O–H groups in total. The van der Waals surface area contributed by atoms with E-state index >= 15 is 0 Å². The van der Waals surface area contributed by atoms with Crippen LogP contribution >= 0.6 is 15.9 Å². The van der Waals surface area contributed by atoms with Crippen LogP contribution in [0.2, 0.25) is 0 Å². The van der Waals surface area contributed by atoms with E-state index in [4.69, 9.17) is 11.1 Å². The Balaban J connectivity index is 2.50. The number of nitrogens with two attached hydrogens (primary N) is 1. The average molecular weight is 296 g/mol. The maximum atomic E-state index is 7.68. The monoisotopic (exact) mass is 295 g/mol. The molecular formula is C13H18BrN3. The fraction of sp³-hybridized carbons (Fsp3) is 0.462. The third-order valence-electron chi connectivity index (χ3n) is 3.44. The van der Waals surface area contributed by atoms with E-state index in [1.807, 2.05) is 12.1 Å². The predicted molar refractivity (Wildman–Crippen MR) is 75.8 cm³/mol. The molecule has 1 saturated heterocycles. The summed E-state index contributed by atoms with van der Waals surface area (Å²) in [6.07, 6.45) is 2.37. The minimum Gasteiger partial charge on any atom is -0.384 e. The Hall–Kier alpha value is -1.03. The Kier molecular flexibility index (Phi) is 3.17. The highest BCUT2D eigenvalue weighted by molar-refractivity contribution is 9.10. The van der Waals surface area contributed by atoms with Crippen LogP contribution in [0.4, 0.5) is 5.69 Å². The van der Waals surface area contributed by atoms with Crippen molar-refractivity contribution in [3.63, 3.8) is 0 Å². The second-order valence-corrected chi connectivity index (χ2v) is 6.06. The number of hydrogen-bond acceptors (Lipinski definition) is 2. The van der Waals surface area contributed by atoms with Gasteiger partial charge in [0, 0.05) is 27.8 Å². The van der Waals surface area contributed by atoms with Crippen molar-refractivity contribution in [3.8, 4) is 0 Å². The van der Waals surface area contributed by atoms with Gasteiger partial charge in [-0.2, -0.15) is 0 Å². The third-order valence-corrected chi connectivity index (χ3v) is 3.93. The standard InChI is InChI=1S/C13H18BrN3/c1-13(2)6-3-7-17(13)11-8-9(14)4-5-10(11)12(15)16/h4-5,8H,3,6-7H2,1-2H3,(H3,15,16). The molecule has 1 heterocycles. The normalized spacial score (nSPS) is 18.4. The van der Waals surface area contributed by atoms with E-state index in [1.54, 1.807) is 0 Å². The highest BCUT2D eigenvalue weighted by Crippen LogP contribution is 2.36. The topological polar surface area (TPSA) is 53.1 Å². The molecule has 0 spiro atoms. The molecule has 0 amide bonds. The smallest absolute Gasteiger partial charge is 0.124 e. The van der Waals surface area contributed by atoms with Gasteiger partial charge >= 0.3 is 0 Å². The van der Waals surface area contributed by atoms with Gasteiger partial charge in [0.15, 0.2) is 0 Å². The second-order valence-electron chi connectivity index (χ2n) is 5.14. The minimum atomic E-state index is 0.134. The Labute approximate surface area is 111 Å². The van der Waals surface area contributed by atoms with Crippen molar-refractivity contribution >= 4 is 27.5 Å². The lowest BCUT2D eigenvalue weighted by molar-refractivity contribution is 0.518. The molecule has 2 rings (SSSR count). The van der Waals surface area contributed by atoms with Crippen LogP contribution in [-0.2, 0) is 0 Å². The van der Waals surface area contributed by atoms with Crippen molar-refractivity contribution in [2.45, 2.75) is 32.2 Å². The molecule has 1 aromatic rings. The summed E-state index contributed by atoms with van der Waals surface area (Å²) < 4.78 is 1.03. The predicted octanol–water partition coefficient (Wildman–Crippen LogP) is 3.11. The minimum absolute atomic E-state index is 0.134. The van der Waals surface area contributed by atoms with Crippen molar-refractivity contribution in [1.82, 2.24) is 0 Å². The Bertz CT molecular complexity index is 454. The lowest BCUT2D eigenvalue weighted by Crippen LogP contribution is -2.39. The molecule has 0 aliphatic carbocycles. The van der Waals surface area contributed by atoms with Gasteiger partial charge in [-0.15, -0.1) is 0 Å². The van der Waals surface area contributed by atoms with Gasteiger partial charge in [-0.3, -0.25) is 5.41 Å². The quantitative estimate of drug-likeness (QED) is 0.651. The van der Waals surface area contributed by atoms with Gasteiger partial charge < -0.3 is 10.6 Å². The number of amidine groups is 1. The SMILES string of the molecule is CC1(C)CCCN1c1cc(Br)ccc1C(=N)N. The third kappa shape index (κ3) is 2.32. The van der Waals surface area contributed by atoms with Gasteiger partial charge in [-0.05, 0) is 44.9 Å². The molecule has 0 aromatic heterocycles. The summed E-state index contributed by atoms with van der Waals surface area (Å²) >= 11 is 3.49. The molecule has 0 saturated carbocycles. The number of benzene rings is 1. The summed E-state index contributed by atoms with van der Waals surface area (Å²) in [5, 5.41) is 7.68. The first-order valence-electron chi connectivity index (χ1n) is 5.83. The van der Waals surface area contributed by atoms with E-state index in [-0.39, 0.29) is 11.4 Å². The van der Waals surface area contributed by atoms with Gasteiger partial charge in [-0.25, -0.2) is 0 Å². The van der Waals surface area contributed by atoms with Crippen LogP contribution in [0.3, 0.4) is 0 Å². The molecule has 0 unspecified atom stereocenters. The van der Waals surface area contributed by atoms with Gasteiger partial charge in [0.2, 0.25) is 0 Å². The highest BCUT2D eigenvalue weighted by Gasteiger charge is 2.33. The first-order valence-corrected chi connectivity index (χ1v) is 6.63. The number of hydrogen-bond donors (Lipinski definition) is 2. The molecule has 92 valence electrons. The van der Waals surface area contributed by atoms with E-state index in [9.17, 15) is 0 Å². The van der Waals surface area contributed by atoms with Crippen molar-refractivity contribution in [2.24, 2.45) is 5.73 Å². The van der Waals surface area contributed by atoms with E-state index in [2.05, 4.69) is 40.7 Å². The van der Waals surface area contributed by atoms with Crippen LogP contribution in [0.1, 0.15) is 32.3 Å². The molecule has 3 nitrogen and oxygen atoms in total. The largest absolute Gasteiger partial charge is 0.384 e. The summed E-state index contributed by atoms with van der Waals surface area (Å²) in [7, 11) is 0. The number of anilines is 1. The molecule has 1 aromatic carbocycles. The van der Waals surface area contributed by atoms with Crippen LogP contribution in [0, 0.1) is 5.41 Å². The highest BCUT2D eigenvalue weighted by atomic mass is 79.9. The van der Waals surface area contributed by atoms with E-state index < -0.39 is 0 Å². The summed E-state index contributed by atoms with van der Waals surface area (Å²) in [5.74, 6) is 0.134. The molecule has 1 fully saturated rings. The molecule has 1 aliphatic heterocycles. The maximum absolute atomic E-state index is 7.68. The average Bonchev–Trinajstić information content (AvgIpc) is 2.57. The molecule has 1 aliphatic rings. The zero-order valence-electron chi connectivity index (χ0n) is 10.3. The summed E-state index contributed by atoms with van der Waals surface area (Å²) in [6.45, 7) is 5.51. The lowest BCUT2D eigenvalue weighted by atomic mass is 10.0. The fourth-order valence-electron chi connectivity index (χ4n) is 2.51. The molecule has 0 atom stereocenters. The summed E-state index contributed by atoms with van der Waals surface area (Å²) in [6, 6.07) is 5.91. The summed E-state index contributed by atoms with van der Waals surface area (Å²) in [4.78, 5) is 2.36. The Morgan fingerprint density at radius 3 is 2.71 bits per heavy atom. The van der Waals surface area contributed by atoms with Crippen LogP contribution in [-0.4, -0.2) is 17.9 Å². The van der Waals surface area contributed by atoms with Gasteiger partial charge in [0.1, 0.15) is 5.84 Å². The van der Waals surface area contributed by atoms with Gasteiger partial charge in [0.25, 0.3) is 0 Å². The van der Waals surface area contributed by atoms with Crippen LogP contribution < -0.4 is 10.6 Å². The van der Waals surface area contributed by atoms with E-state index in [0.29, 0.717) is 0 Å². The van der Waals surface area contributed by atoms with E-state index in [0.717, 1.165) is 22.3 Å². The second kappa shape index (κ2) is 4.33. The Morgan fingerprint density at radius 1 is 1.47 bits per heavy atom. The van der Waals surface area contributed by atoms with Crippen molar-refractivity contribution < 1.29 is 0 Å². The van der Waals surface area contributed by atoms with Crippen molar-refractivity contribution in [2.75, 3.05) is 11.4 Å². The number of nitrogens with zero attached hydrogens (tertiary/aromatic N) is 1. The molecule has 0 radical (unpaired) electrons. The number of rotatable bonds is 2. The van der Waals surface area contributed by atoms with Gasteiger partial charge in [-0.1, -0.05) is 15.9 Å². The zero-order valence-corrected chi connectivity index (χ0v) is 11.8.